The van der Waals surface area contributed by atoms with Crippen molar-refractivity contribution in [3.05, 3.63) is 35.9 Å². The third-order valence-electron chi connectivity index (χ3n) is 5.02. The highest BCUT2D eigenvalue weighted by Gasteiger charge is 2.33. The lowest BCUT2D eigenvalue weighted by Crippen LogP contribution is -2.48. The third kappa shape index (κ3) is 4.33. The highest BCUT2D eigenvalue weighted by Crippen LogP contribution is 2.30. The molecule has 1 heterocycles. The van der Waals surface area contributed by atoms with Crippen molar-refractivity contribution in [2.75, 3.05) is 27.2 Å². The molecule has 3 heteroatoms. The van der Waals surface area contributed by atoms with Crippen LogP contribution in [0.25, 0.3) is 0 Å². The number of ether oxygens (including phenoxy) is 1. The predicted octanol–water partition coefficient (Wildman–Crippen LogP) is 3.60. The van der Waals surface area contributed by atoms with Gasteiger partial charge in [0.1, 0.15) is 6.10 Å². The molecule has 0 spiro atoms. The van der Waals surface area contributed by atoms with Crippen LogP contribution in [0.5, 0.6) is 0 Å². The van der Waals surface area contributed by atoms with Crippen LogP contribution in [0.1, 0.15) is 44.6 Å². The quantitative estimate of drug-likeness (QED) is 0.614. The lowest BCUT2D eigenvalue weighted by molar-refractivity contribution is -0.896. The topological polar surface area (TPSA) is 26.3 Å². The summed E-state index contributed by atoms with van der Waals surface area (Å²) >= 11 is 0. The molecule has 0 saturated carbocycles. The molecule has 2 atom stereocenters. The minimum absolute atomic E-state index is 0.0437. The summed E-state index contributed by atoms with van der Waals surface area (Å²) in [5.41, 5.74) is 1.08. The van der Waals surface area contributed by atoms with Crippen molar-refractivity contribution in [1.82, 2.24) is 0 Å². The van der Waals surface area contributed by atoms with Gasteiger partial charge in [0, 0.05) is 12.8 Å². The normalized spacial score (nSPS) is 21.1. The Balaban J connectivity index is 2.04. The van der Waals surface area contributed by atoms with Gasteiger partial charge >= 0.3 is 5.97 Å². The fourth-order valence-electron chi connectivity index (χ4n) is 3.19. The first kappa shape index (κ1) is 17.0. The summed E-state index contributed by atoms with van der Waals surface area (Å²) < 4.78 is 6.90. The maximum Gasteiger partial charge on any atom is 0.313 e. The fraction of sp³-hybridized carbons (Fsp3) is 0.632. The molecule has 0 aliphatic carbocycles. The number of rotatable bonds is 5. The van der Waals surface area contributed by atoms with E-state index >= 15 is 0 Å². The van der Waals surface area contributed by atoms with E-state index < -0.39 is 0 Å². The monoisotopic (exact) mass is 304 g/mol. The number of quaternary nitrogens is 1. The van der Waals surface area contributed by atoms with Crippen molar-refractivity contribution in [1.29, 1.82) is 0 Å². The summed E-state index contributed by atoms with van der Waals surface area (Å²) in [5, 5.41) is 0. The van der Waals surface area contributed by atoms with Crippen LogP contribution in [0, 0.1) is 5.92 Å². The summed E-state index contributed by atoms with van der Waals surface area (Å²) in [5.74, 6) is 0.110. The van der Waals surface area contributed by atoms with Crippen LogP contribution in [0.3, 0.4) is 0 Å². The smallest absolute Gasteiger partial charge is 0.313 e. The van der Waals surface area contributed by atoms with Crippen LogP contribution in [-0.4, -0.2) is 43.7 Å². The number of hydrogen-bond donors (Lipinski definition) is 0. The molecule has 0 amide bonds. The van der Waals surface area contributed by atoms with Crippen molar-refractivity contribution in [2.24, 2.45) is 5.92 Å². The zero-order chi connectivity index (χ0) is 16.2. The molecule has 1 saturated heterocycles. The van der Waals surface area contributed by atoms with Crippen LogP contribution in [0.4, 0.5) is 0 Å². The van der Waals surface area contributed by atoms with E-state index in [9.17, 15) is 4.79 Å². The lowest BCUT2D eigenvalue weighted by atomic mass is 9.85. The number of carbonyl (C=O) groups is 1. The number of nitrogens with zero attached hydrogens (tertiary/aromatic N) is 1. The van der Waals surface area contributed by atoms with E-state index in [1.807, 2.05) is 30.3 Å². The summed E-state index contributed by atoms with van der Waals surface area (Å²) in [6.07, 6.45) is 3.01. The van der Waals surface area contributed by atoms with Gasteiger partial charge in [-0.2, -0.15) is 0 Å². The predicted molar refractivity (Wildman–Crippen MR) is 89.6 cm³/mol. The fourth-order valence-corrected chi connectivity index (χ4v) is 3.19. The molecule has 1 aromatic rings. The van der Waals surface area contributed by atoms with Crippen molar-refractivity contribution in [3.63, 3.8) is 0 Å². The van der Waals surface area contributed by atoms with E-state index in [1.54, 1.807) is 0 Å². The molecule has 0 N–H and O–H groups in total. The van der Waals surface area contributed by atoms with Crippen molar-refractivity contribution in [3.8, 4) is 0 Å². The molecule has 1 fully saturated rings. The average Bonchev–Trinajstić information content (AvgIpc) is 2.50. The standard InChI is InChI=1S/C19H30NO2/c1-5-15(2)18(16-9-7-6-8-10-16)19(21)22-17-11-13-20(3,4)14-12-17/h6-10,15,17-18H,5,11-14H2,1-4H3/q+1/t15-,18-/m0/s1. The SMILES string of the molecule is CC[C@H](C)[C@H](C(=O)OC1CC[N+](C)(C)CC1)c1ccccc1. The van der Waals surface area contributed by atoms with Gasteiger partial charge in [-0.3, -0.25) is 4.79 Å². The van der Waals surface area contributed by atoms with Gasteiger partial charge in [-0.15, -0.1) is 0 Å². The number of likely N-dealkylation sites (tertiary alicyclic amines) is 1. The van der Waals surface area contributed by atoms with Crippen LogP contribution in [0.15, 0.2) is 30.3 Å². The molecule has 1 aliphatic rings. The summed E-state index contributed by atoms with van der Waals surface area (Å²) in [7, 11) is 4.48. The van der Waals surface area contributed by atoms with Gasteiger partial charge in [-0.1, -0.05) is 50.6 Å². The molecule has 0 radical (unpaired) electrons. The Morgan fingerprint density at radius 3 is 2.36 bits per heavy atom. The van der Waals surface area contributed by atoms with Gasteiger partial charge in [-0.25, -0.2) is 0 Å². The summed E-state index contributed by atoms with van der Waals surface area (Å²) in [4.78, 5) is 12.7. The molecule has 0 bridgehead atoms. The van der Waals surface area contributed by atoms with E-state index in [2.05, 4.69) is 27.9 Å². The van der Waals surface area contributed by atoms with Crippen molar-refractivity contribution >= 4 is 5.97 Å². The minimum atomic E-state index is -0.143. The highest BCUT2D eigenvalue weighted by atomic mass is 16.5. The molecule has 22 heavy (non-hydrogen) atoms. The van der Waals surface area contributed by atoms with Gasteiger partial charge in [0.15, 0.2) is 0 Å². The Morgan fingerprint density at radius 1 is 1.23 bits per heavy atom. The zero-order valence-corrected chi connectivity index (χ0v) is 14.4. The average molecular weight is 304 g/mol. The molecule has 1 aliphatic heterocycles. The Hall–Kier alpha value is -1.35. The first-order valence-electron chi connectivity index (χ1n) is 8.50. The number of hydrogen-bond acceptors (Lipinski definition) is 2. The molecule has 1 aromatic carbocycles. The maximum absolute atomic E-state index is 12.7. The van der Waals surface area contributed by atoms with E-state index in [0.29, 0.717) is 5.92 Å². The van der Waals surface area contributed by atoms with Crippen molar-refractivity contribution in [2.45, 2.75) is 45.1 Å². The second kappa shape index (κ2) is 7.28. The molecule has 122 valence electrons. The Labute approximate surface area is 134 Å². The van der Waals surface area contributed by atoms with Gasteiger partial charge in [-0.05, 0) is 11.5 Å². The number of carbonyl (C=O) groups excluding carboxylic acids is 1. The molecule has 0 aromatic heterocycles. The third-order valence-corrected chi connectivity index (χ3v) is 5.02. The van der Waals surface area contributed by atoms with E-state index in [4.69, 9.17) is 4.74 Å². The number of benzene rings is 1. The molecule has 2 rings (SSSR count). The molecular weight excluding hydrogens is 274 g/mol. The number of piperidine rings is 1. The first-order valence-corrected chi connectivity index (χ1v) is 8.50. The molecule has 3 nitrogen and oxygen atoms in total. The Morgan fingerprint density at radius 2 is 1.82 bits per heavy atom. The second-order valence-electron chi connectivity index (χ2n) is 7.29. The molecule has 0 unspecified atom stereocenters. The van der Waals surface area contributed by atoms with E-state index in [0.717, 1.165) is 42.4 Å². The largest absolute Gasteiger partial charge is 0.461 e. The minimum Gasteiger partial charge on any atom is -0.461 e. The summed E-state index contributed by atoms with van der Waals surface area (Å²) in [6, 6.07) is 10.1. The van der Waals surface area contributed by atoms with Gasteiger partial charge in [0.2, 0.25) is 0 Å². The van der Waals surface area contributed by atoms with Crippen LogP contribution < -0.4 is 0 Å². The van der Waals surface area contributed by atoms with E-state index in [-0.39, 0.29) is 18.0 Å². The summed E-state index contributed by atoms with van der Waals surface area (Å²) in [6.45, 7) is 6.43. The van der Waals surface area contributed by atoms with Crippen molar-refractivity contribution < 1.29 is 14.0 Å². The second-order valence-corrected chi connectivity index (χ2v) is 7.29. The van der Waals surface area contributed by atoms with Gasteiger partial charge in [0.25, 0.3) is 0 Å². The van der Waals surface area contributed by atoms with E-state index in [1.165, 1.54) is 0 Å². The van der Waals surface area contributed by atoms with Gasteiger partial charge < -0.3 is 9.22 Å². The van der Waals surface area contributed by atoms with Crippen LogP contribution in [-0.2, 0) is 9.53 Å². The Bertz CT molecular complexity index is 473. The highest BCUT2D eigenvalue weighted by molar-refractivity contribution is 5.78. The maximum atomic E-state index is 12.7. The van der Waals surface area contributed by atoms with Gasteiger partial charge in [0.05, 0.1) is 33.1 Å². The molecular formula is C19H30NO2+. The first-order chi connectivity index (χ1) is 10.4. The lowest BCUT2D eigenvalue weighted by Gasteiger charge is -2.37. The van der Waals surface area contributed by atoms with Crippen LogP contribution in [0.2, 0.25) is 0 Å². The number of esters is 1. The van der Waals surface area contributed by atoms with Crippen LogP contribution >= 0.6 is 0 Å². The zero-order valence-electron chi connectivity index (χ0n) is 14.4. The Kier molecular flexibility index (Phi) is 5.63.